The standard InChI is InChI=1S/C21H17ClN2O3/c1-14-7-9-16(10-8-14)20(15-5-3-2-4-6-15)23-21(25)18-12-11-17(24(26)27)13-19(18)22/h2-13,20H,1H3,(H,23,25). The quantitative estimate of drug-likeness (QED) is 0.495. The average Bonchev–Trinajstić information content (AvgIpc) is 2.67. The van der Waals surface area contributed by atoms with E-state index in [4.69, 9.17) is 11.6 Å². The summed E-state index contributed by atoms with van der Waals surface area (Å²) in [5, 5.41) is 13.9. The topological polar surface area (TPSA) is 72.2 Å². The minimum absolute atomic E-state index is 0.0393. The number of hydrogen-bond donors (Lipinski definition) is 1. The lowest BCUT2D eigenvalue weighted by Gasteiger charge is -2.20. The Kier molecular flexibility index (Phi) is 5.52. The van der Waals surface area contributed by atoms with Crippen LogP contribution in [0.15, 0.2) is 72.8 Å². The van der Waals surface area contributed by atoms with Crippen LogP contribution in [-0.4, -0.2) is 10.8 Å². The van der Waals surface area contributed by atoms with Gasteiger partial charge in [0.2, 0.25) is 0 Å². The molecule has 1 unspecified atom stereocenters. The lowest BCUT2D eigenvalue weighted by molar-refractivity contribution is -0.384. The van der Waals surface area contributed by atoms with Crippen molar-refractivity contribution in [2.24, 2.45) is 0 Å². The fraction of sp³-hybridized carbons (Fsp3) is 0.0952. The van der Waals surface area contributed by atoms with E-state index in [1.807, 2.05) is 61.5 Å². The molecule has 3 aromatic carbocycles. The van der Waals surface area contributed by atoms with Crippen LogP contribution in [-0.2, 0) is 0 Å². The summed E-state index contributed by atoms with van der Waals surface area (Å²) in [5.74, 6) is -0.399. The first-order valence-corrected chi connectivity index (χ1v) is 8.70. The van der Waals surface area contributed by atoms with Crippen molar-refractivity contribution in [3.63, 3.8) is 0 Å². The third-order valence-electron chi connectivity index (χ3n) is 4.23. The van der Waals surface area contributed by atoms with Crippen molar-refractivity contribution in [3.8, 4) is 0 Å². The Morgan fingerprint density at radius 2 is 1.63 bits per heavy atom. The molecule has 0 bridgehead atoms. The zero-order chi connectivity index (χ0) is 19.4. The number of halogens is 1. The van der Waals surface area contributed by atoms with E-state index in [9.17, 15) is 14.9 Å². The number of carbonyl (C=O) groups excluding carboxylic acids is 1. The summed E-state index contributed by atoms with van der Waals surface area (Å²) >= 11 is 6.10. The molecule has 0 radical (unpaired) electrons. The van der Waals surface area contributed by atoms with Gasteiger partial charge in [-0.15, -0.1) is 0 Å². The predicted octanol–water partition coefficient (Wildman–Crippen LogP) is 5.08. The molecule has 0 aliphatic rings. The number of benzene rings is 3. The second-order valence-corrected chi connectivity index (χ2v) is 6.56. The number of hydrogen-bond acceptors (Lipinski definition) is 3. The summed E-state index contributed by atoms with van der Waals surface area (Å²) in [6.07, 6.45) is 0. The molecule has 3 aromatic rings. The van der Waals surface area contributed by atoms with Crippen LogP contribution in [0.1, 0.15) is 33.1 Å². The van der Waals surface area contributed by atoms with Gasteiger partial charge in [-0.2, -0.15) is 0 Å². The fourth-order valence-corrected chi connectivity index (χ4v) is 3.03. The number of nitro groups is 1. The molecule has 6 heteroatoms. The van der Waals surface area contributed by atoms with Gasteiger partial charge in [0.05, 0.1) is 21.6 Å². The third-order valence-corrected chi connectivity index (χ3v) is 4.54. The zero-order valence-corrected chi connectivity index (χ0v) is 15.3. The average molecular weight is 381 g/mol. The molecule has 0 spiro atoms. The normalized spacial score (nSPS) is 11.6. The molecule has 0 aromatic heterocycles. The molecule has 1 atom stereocenters. The van der Waals surface area contributed by atoms with Crippen molar-refractivity contribution in [1.82, 2.24) is 5.32 Å². The van der Waals surface area contributed by atoms with E-state index in [0.29, 0.717) is 0 Å². The van der Waals surface area contributed by atoms with Gasteiger partial charge in [0.15, 0.2) is 0 Å². The van der Waals surface area contributed by atoms with Gasteiger partial charge in [0.25, 0.3) is 11.6 Å². The molecule has 0 heterocycles. The van der Waals surface area contributed by atoms with Crippen LogP contribution in [0.25, 0.3) is 0 Å². The molecule has 27 heavy (non-hydrogen) atoms. The Morgan fingerprint density at radius 1 is 1.00 bits per heavy atom. The summed E-state index contributed by atoms with van der Waals surface area (Å²) < 4.78 is 0. The molecule has 1 N–H and O–H groups in total. The smallest absolute Gasteiger partial charge is 0.270 e. The molecule has 0 aliphatic carbocycles. The highest BCUT2D eigenvalue weighted by atomic mass is 35.5. The predicted molar refractivity (Wildman–Crippen MR) is 105 cm³/mol. The van der Waals surface area contributed by atoms with E-state index in [-0.39, 0.29) is 22.3 Å². The number of nitrogens with one attached hydrogen (secondary N) is 1. The Bertz CT molecular complexity index is 972. The van der Waals surface area contributed by atoms with E-state index in [2.05, 4.69) is 5.32 Å². The summed E-state index contributed by atoms with van der Waals surface area (Å²) in [5.41, 5.74) is 3.01. The maximum absolute atomic E-state index is 12.8. The molecule has 0 saturated heterocycles. The zero-order valence-electron chi connectivity index (χ0n) is 14.6. The highest BCUT2D eigenvalue weighted by molar-refractivity contribution is 6.34. The summed E-state index contributed by atoms with van der Waals surface area (Å²) in [6, 6.07) is 20.9. The van der Waals surface area contributed by atoms with Crippen LogP contribution in [0.4, 0.5) is 5.69 Å². The first kappa shape index (κ1) is 18.6. The molecule has 136 valence electrons. The Balaban J connectivity index is 1.93. The van der Waals surface area contributed by atoms with Crippen LogP contribution in [0.5, 0.6) is 0 Å². The van der Waals surface area contributed by atoms with Gasteiger partial charge >= 0.3 is 0 Å². The van der Waals surface area contributed by atoms with E-state index in [0.717, 1.165) is 16.7 Å². The van der Waals surface area contributed by atoms with E-state index >= 15 is 0 Å². The highest BCUT2D eigenvalue weighted by Crippen LogP contribution is 2.26. The van der Waals surface area contributed by atoms with Gasteiger partial charge in [-0.05, 0) is 24.1 Å². The molecule has 0 saturated carbocycles. The van der Waals surface area contributed by atoms with Gasteiger partial charge in [-0.3, -0.25) is 14.9 Å². The van der Waals surface area contributed by atoms with Crippen LogP contribution >= 0.6 is 11.6 Å². The SMILES string of the molecule is Cc1ccc(C(NC(=O)c2ccc([N+](=O)[O-])cc2Cl)c2ccccc2)cc1. The molecule has 0 fully saturated rings. The van der Waals surface area contributed by atoms with Crippen LogP contribution in [0.3, 0.4) is 0 Å². The summed E-state index contributed by atoms with van der Waals surface area (Å²) in [6.45, 7) is 2.00. The van der Waals surface area contributed by atoms with Crippen LogP contribution < -0.4 is 5.32 Å². The van der Waals surface area contributed by atoms with Gasteiger partial charge in [0, 0.05) is 12.1 Å². The summed E-state index contributed by atoms with van der Waals surface area (Å²) in [4.78, 5) is 23.1. The largest absolute Gasteiger partial charge is 0.341 e. The molecule has 3 rings (SSSR count). The van der Waals surface area contributed by atoms with Gasteiger partial charge in [-0.25, -0.2) is 0 Å². The van der Waals surface area contributed by atoms with Crippen molar-refractivity contribution in [1.29, 1.82) is 0 Å². The van der Waals surface area contributed by atoms with Crippen LogP contribution in [0, 0.1) is 17.0 Å². The van der Waals surface area contributed by atoms with Gasteiger partial charge in [-0.1, -0.05) is 71.8 Å². The molecule has 5 nitrogen and oxygen atoms in total. The molecular formula is C21H17ClN2O3. The second-order valence-electron chi connectivity index (χ2n) is 6.15. The van der Waals surface area contributed by atoms with E-state index in [1.165, 1.54) is 18.2 Å². The van der Waals surface area contributed by atoms with Crippen molar-refractivity contribution in [2.75, 3.05) is 0 Å². The first-order valence-electron chi connectivity index (χ1n) is 8.32. The second kappa shape index (κ2) is 8.01. The molecular weight excluding hydrogens is 364 g/mol. The Hall–Kier alpha value is -3.18. The maximum Gasteiger partial charge on any atom is 0.270 e. The Morgan fingerprint density at radius 3 is 2.22 bits per heavy atom. The molecule has 1 amide bonds. The fourth-order valence-electron chi connectivity index (χ4n) is 2.77. The maximum atomic E-state index is 12.8. The van der Waals surface area contributed by atoms with Gasteiger partial charge < -0.3 is 5.32 Å². The number of aryl methyl sites for hydroxylation is 1. The monoisotopic (exact) mass is 380 g/mol. The van der Waals surface area contributed by atoms with Crippen molar-refractivity contribution in [2.45, 2.75) is 13.0 Å². The number of amides is 1. The minimum atomic E-state index is -0.549. The van der Waals surface area contributed by atoms with Crippen molar-refractivity contribution >= 4 is 23.2 Å². The molecule has 0 aliphatic heterocycles. The Labute approximate surface area is 161 Å². The van der Waals surface area contributed by atoms with E-state index < -0.39 is 10.8 Å². The van der Waals surface area contributed by atoms with Gasteiger partial charge in [0.1, 0.15) is 0 Å². The minimum Gasteiger partial charge on any atom is -0.341 e. The third kappa shape index (κ3) is 4.33. The lowest BCUT2D eigenvalue weighted by Crippen LogP contribution is -2.29. The first-order chi connectivity index (χ1) is 13.0. The van der Waals surface area contributed by atoms with Crippen molar-refractivity contribution < 1.29 is 9.72 Å². The number of carbonyl (C=O) groups is 1. The number of nitro benzene ring substituents is 1. The lowest BCUT2D eigenvalue weighted by atomic mass is 9.97. The van der Waals surface area contributed by atoms with Crippen LogP contribution in [0.2, 0.25) is 5.02 Å². The van der Waals surface area contributed by atoms with E-state index in [1.54, 1.807) is 0 Å². The van der Waals surface area contributed by atoms with Crippen molar-refractivity contribution in [3.05, 3.63) is 110 Å². The number of non-ortho nitro benzene ring substituents is 1. The number of nitrogens with zero attached hydrogens (tertiary/aromatic N) is 1. The highest BCUT2D eigenvalue weighted by Gasteiger charge is 2.20. The number of rotatable bonds is 5. The summed E-state index contributed by atoms with van der Waals surface area (Å²) in [7, 11) is 0.